The fourth-order valence-electron chi connectivity index (χ4n) is 1.65. The highest BCUT2D eigenvalue weighted by molar-refractivity contribution is 9.10. The van der Waals surface area contributed by atoms with Gasteiger partial charge in [0.05, 0.1) is 14.2 Å². The second kappa shape index (κ2) is 5.97. The predicted octanol–water partition coefficient (Wildman–Crippen LogP) is 4.57. The third-order valence-corrected chi connectivity index (χ3v) is 3.20. The van der Waals surface area contributed by atoms with Gasteiger partial charge in [-0.2, -0.15) is 0 Å². The van der Waals surface area contributed by atoms with Crippen LogP contribution in [0.15, 0.2) is 40.9 Å². The minimum atomic E-state index is 0.678. The SMILES string of the molecule is COc1cc(OC)cc(Oc2cc(Br)ccc2C)c1. The summed E-state index contributed by atoms with van der Waals surface area (Å²) in [6, 6.07) is 11.4. The van der Waals surface area contributed by atoms with E-state index in [4.69, 9.17) is 14.2 Å². The first-order valence-electron chi connectivity index (χ1n) is 5.79. The molecule has 19 heavy (non-hydrogen) atoms. The predicted molar refractivity (Wildman–Crippen MR) is 78.5 cm³/mol. The van der Waals surface area contributed by atoms with Crippen molar-refractivity contribution in [2.24, 2.45) is 0 Å². The van der Waals surface area contributed by atoms with Gasteiger partial charge in [-0.1, -0.05) is 22.0 Å². The van der Waals surface area contributed by atoms with Gasteiger partial charge < -0.3 is 14.2 Å². The standard InChI is InChI=1S/C15H15BrO3/c1-10-4-5-11(16)6-15(10)19-14-8-12(17-2)7-13(9-14)18-3/h4-9H,1-3H3. The zero-order chi connectivity index (χ0) is 13.8. The molecule has 0 saturated carbocycles. The highest BCUT2D eigenvalue weighted by atomic mass is 79.9. The van der Waals surface area contributed by atoms with E-state index >= 15 is 0 Å². The largest absolute Gasteiger partial charge is 0.496 e. The Labute approximate surface area is 121 Å². The van der Waals surface area contributed by atoms with Crippen molar-refractivity contribution in [1.29, 1.82) is 0 Å². The Morgan fingerprint density at radius 2 is 1.42 bits per heavy atom. The van der Waals surface area contributed by atoms with Gasteiger partial charge in [-0.15, -0.1) is 0 Å². The second-order valence-corrected chi connectivity index (χ2v) is 4.98. The van der Waals surface area contributed by atoms with E-state index < -0.39 is 0 Å². The van der Waals surface area contributed by atoms with Crippen molar-refractivity contribution in [2.75, 3.05) is 14.2 Å². The lowest BCUT2D eigenvalue weighted by Crippen LogP contribution is -1.91. The monoisotopic (exact) mass is 322 g/mol. The third kappa shape index (κ3) is 3.41. The quantitative estimate of drug-likeness (QED) is 0.825. The first-order valence-corrected chi connectivity index (χ1v) is 6.59. The zero-order valence-corrected chi connectivity index (χ0v) is 12.7. The van der Waals surface area contributed by atoms with Crippen molar-refractivity contribution >= 4 is 15.9 Å². The number of hydrogen-bond donors (Lipinski definition) is 0. The Morgan fingerprint density at radius 3 is 2.00 bits per heavy atom. The van der Waals surface area contributed by atoms with Gasteiger partial charge in [-0.3, -0.25) is 0 Å². The number of methoxy groups -OCH3 is 2. The lowest BCUT2D eigenvalue weighted by molar-refractivity contribution is 0.386. The summed E-state index contributed by atoms with van der Waals surface area (Å²) in [5.41, 5.74) is 1.06. The van der Waals surface area contributed by atoms with Crippen molar-refractivity contribution in [2.45, 2.75) is 6.92 Å². The van der Waals surface area contributed by atoms with Gasteiger partial charge in [0.2, 0.25) is 0 Å². The van der Waals surface area contributed by atoms with Crippen LogP contribution >= 0.6 is 15.9 Å². The summed E-state index contributed by atoms with van der Waals surface area (Å²) in [6.45, 7) is 2.00. The van der Waals surface area contributed by atoms with E-state index in [1.807, 2.05) is 37.3 Å². The average Bonchev–Trinajstić information content (AvgIpc) is 2.42. The molecule has 0 radical (unpaired) electrons. The summed E-state index contributed by atoms with van der Waals surface area (Å²) in [4.78, 5) is 0. The number of ether oxygens (including phenoxy) is 3. The van der Waals surface area contributed by atoms with Gasteiger partial charge in [0.1, 0.15) is 23.0 Å². The molecule has 0 aliphatic heterocycles. The number of halogens is 1. The maximum absolute atomic E-state index is 5.88. The number of benzene rings is 2. The van der Waals surface area contributed by atoms with Gasteiger partial charge in [-0.25, -0.2) is 0 Å². The summed E-state index contributed by atoms with van der Waals surface area (Å²) in [5, 5.41) is 0. The van der Waals surface area contributed by atoms with Crippen LogP contribution in [0.4, 0.5) is 0 Å². The molecule has 2 aromatic carbocycles. The molecule has 0 saturated heterocycles. The molecular formula is C15H15BrO3. The molecule has 0 unspecified atom stereocenters. The van der Waals surface area contributed by atoms with Crippen molar-refractivity contribution < 1.29 is 14.2 Å². The van der Waals surface area contributed by atoms with Crippen LogP contribution < -0.4 is 14.2 Å². The fraction of sp³-hybridized carbons (Fsp3) is 0.200. The van der Waals surface area contributed by atoms with Crippen LogP contribution in [0.5, 0.6) is 23.0 Å². The Kier molecular flexibility index (Phi) is 4.32. The molecule has 0 spiro atoms. The van der Waals surface area contributed by atoms with Crippen molar-refractivity contribution in [3.05, 3.63) is 46.4 Å². The van der Waals surface area contributed by atoms with Crippen LogP contribution in [0, 0.1) is 6.92 Å². The molecule has 3 nitrogen and oxygen atoms in total. The Bertz CT molecular complexity index is 559. The normalized spacial score (nSPS) is 10.1. The Balaban J connectivity index is 2.34. The summed E-state index contributed by atoms with van der Waals surface area (Å²) < 4.78 is 17.3. The summed E-state index contributed by atoms with van der Waals surface area (Å²) in [5.74, 6) is 2.87. The molecule has 0 atom stereocenters. The maximum Gasteiger partial charge on any atom is 0.134 e. The summed E-state index contributed by atoms with van der Waals surface area (Å²) >= 11 is 3.44. The maximum atomic E-state index is 5.88. The molecule has 0 bridgehead atoms. The number of aryl methyl sites for hydroxylation is 1. The van der Waals surface area contributed by atoms with E-state index in [1.54, 1.807) is 20.3 Å². The highest BCUT2D eigenvalue weighted by Crippen LogP contribution is 2.33. The van der Waals surface area contributed by atoms with Crippen molar-refractivity contribution in [1.82, 2.24) is 0 Å². The van der Waals surface area contributed by atoms with E-state index in [9.17, 15) is 0 Å². The average molecular weight is 323 g/mol. The topological polar surface area (TPSA) is 27.7 Å². The van der Waals surface area contributed by atoms with Crippen LogP contribution in [0.3, 0.4) is 0 Å². The van der Waals surface area contributed by atoms with Crippen LogP contribution in [-0.4, -0.2) is 14.2 Å². The first kappa shape index (κ1) is 13.7. The third-order valence-electron chi connectivity index (χ3n) is 2.70. The Hall–Kier alpha value is -1.68. The smallest absolute Gasteiger partial charge is 0.134 e. The van der Waals surface area contributed by atoms with Gasteiger partial charge >= 0.3 is 0 Å². The summed E-state index contributed by atoms with van der Waals surface area (Å²) in [7, 11) is 3.23. The van der Waals surface area contributed by atoms with Crippen LogP contribution in [0.1, 0.15) is 5.56 Å². The molecule has 2 aromatic rings. The number of hydrogen-bond acceptors (Lipinski definition) is 3. The zero-order valence-electron chi connectivity index (χ0n) is 11.1. The van der Waals surface area contributed by atoms with Crippen LogP contribution in [0.2, 0.25) is 0 Å². The molecule has 0 heterocycles. The minimum Gasteiger partial charge on any atom is -0.496 e. The molecule has 0 aliphatic rings. The first-order chi connectivity index (χ1) is 9.12. The van der Waals surface area contributed by atoms with E-state index in [-0.39, 0.29) is 0 Å². The summed E-state index contributed by atoms with van der Waals surface area (Å²) in [6.07, 6.45) is 0. The second-order valence-electron chi connectivity index (χ2n) is 4.06. The van der Waals surface area contributed by atoms with Crippen LogP contribution in [0.25, 0.3) is 0 Å². The highest BCUT2D eigenvalue weighted by Gasteiger charge is 2.06. The molecule has 0 fully saturated rings. The molecule has 4 heteroatoms. The van der Waals surface area contributed by atoms with E-state index in [0.717, 1.165) is 15.8 Å². The van der Waals surface area contributed by atoms with Gasteiger partial charge in [-0.05, 0) is 24.6 Å². The van der Waals surface area contributed by atoms with E-state index in [2.05, 4.69) is 15.9 Å². The molecule has 0 aliphatic carbocycles. The Morgan fingerprint density at radius 1 is 0.842 bits per heavy atom. The molecule has 0 N–H and O–H groups in total. The molecular weight excluding hydrogens is 308 g/mol. The minimum absolute atomic E-state index is 0.678. The van der Waals surface area contributed by atoms with Crippen molar-refractivity contribution in [3.63, 3.8) is 0 Å². The van der Waals surface area contributed by atoms with Gasteiger partial charge in [0.15, 0.2) is 0 Å². The number of rotatable bonds is 4. The van der Waals surface area contributed by atoms with Crippen LogP contribution in [-0.2, 0) is 0 Å². The lowest BCUT2D eigenvalue weighted by Gasteiger charge is -2.12. The molecule has 0 amide bonds. The molecule has 2 rings (SSSR count). The van der Waals surface area contributed by atoms with E-state index in [1.165, 1.54) is 0 Å². The lowest BCUT2D eigenvalue weighted by atomic mass is 10.2. The molecule has 0 aromatic heterocycles. The van der Waals surface area contributed by atoms with Crippen molar-refractivity contribution in [3.8, 4) is 23.0 Å². The molecule has 100 valence electrons. The fourth-order valence-corrected chi connectivity index (χ4v) is 1.99. The van der Waals surface area contributed by atoms with E-state index in [0.29, 0.717) is 17.2 Å². The van der Waals surface area contributed by atoms with Gasteiger partial charge in [0.25, 0.3) is 0 Å². The van der Waals surface area contributed by atoms with Gasteiger partial charge in [0, 0.05) is 22.7 Å².